The summed E-state index contributed by atoms with van der Waals surface area (Å²) < 4.78 is 25.7. The van der Waals surface area contributed by atoms with Gasteiger partial charge in [0.25, 0.3) is 0 Å². The van der Waals surface area contributed by atoms with Gasteiger partial charge in [0.05, 0.1) is 6.04 Å². The smallest absolute Gasteiger partial charge is 0.221 e. The predicted octanol–water partition coefficient (Wildman–Crippen LogP) is 2.90. The van der Waals surface area contributed by atoms with Crippen molar-refractivity contribution in [3.05, 3.63) is 35.4 Å². The number of benzene rings is 1. The van der Waals surface area contributed by atoms with Crippen molar-refractivity contribution >= 4 is 17.7 Å². The molecule has 0 aliphatic rings. The molecule has 2 nitrogen and oxygen atoms in total. The van der Waals surface area contributed by atoms with Gasteiger partial charge in [0, 0.05) is 12.2 Å². The van der Waals surface area contributed by atoms with Gasteiger partial charge in [-0.1, -0.05) is 6.07 Å². The van der Waals surface area contributed by atoms with E-state index in [9.17, 15) is 13.6 Å². The van der Waals surface area contributed by atoms with Gasteiger partial charge in [-0.25, -0.2) is 8.78 Å². The molecule has 1 aromatic rings. The van der Waals surface area contributed by atoms with Crippen LogP contribution in [0.25, 0.3) is 0 Å². The maximum Gasteiger partial charge on any atom is 0.221 e. The number of nitrogens with one attached hydrogen (secondary N) is 1. The van der Waals surface area contributed by atoms with E-state index in [1.807, 2.05) is 6.26 Å². The molecule has 0 heterocycles. The van der Waals surface area contributed by atoms with E-state index in [0.29, 0.717) is 12.0 Å². The summed E-state index contributed by atoms with van der Waals surface area (Å²) in [7, 11) is 0. The van der Waals surface area contributed by atoms with Gasteiger partial charge in [-0.3, -0.25) is 4.79 Å². The van der Waals surface area contributed by atoms with Crippen molar-refractivity contribution in [3.63, 3.8) is 0 Å². The molecule has 1 unspecified atom stereocenters. The van der Waals surface area contributed by atoms with Gasteiger partial charge in [-0.2, -0.15) is 11.8 Å². The second-order valence-corrected chi connectivity index (χ2v) is 4.69. The van der Waals surface area contributed by atoms with E-state index < -0.39 is 11.6 Å². The molecule has 0 bridgehead atoms. The van der Waals surface area contributed by atoms with E-state index in [-0.39, 0.29) is 11.9 Å². The maximum absolute atomic E-state index is 13.0. The standard InChI is InChI=1S/C12H15F2NOS/c1-8(15-12(16)5-6-17-2)9-3-4-10(13)11(14)7-9/h3-4,7-8H,5-6H2,1-2H3,(H,15,16). The van der Waals surface area contributed by atoms with Crippen molar-refractivity contribution in [2.24, 2.45) is 0 Å². The first-order chi connectivity index (χ1) is 8.04. The fourth-order valence-electron chi connectivity index (χ4n) is 1.37. The second kappa shape index (κ2) is 6.59. The first-order valence-electron chi connectivity index (χ1n) is 5.28. The number of carbonyl (C=O) groups is 1. The molecule has 0 aliphatic heterocycles. The summed E-state index contributed by atoms with van der Waals surface area (Å²) >= 11 is 1.59. The number of hydrogen-bond acceptors (Lipinski definition) is 2. The minimum atomic E-state index is -0.896. The normalized spacial score (nSPS) is 12.2. The van der Waals surface area contributed by atoms with Crippen LogP contribution in [0.15, 0.2) is 18.2 Å². The first-order valence-corrected chi connectivity index (χ1v) is 6.67. The van der Waals surface area contributed by atoms with Gasteiger partial charge < -0.3 is 5.32 Å². The fourth-order valence-corrected chi connectivity index (χ4v) is 1.76. The van der Waals surface area contributed by atoms with Crippen LogP contribution in [-0.4, -0.2) is 17.9 Å². The van der Waals surface area contributed by atoms with E-state index in [4.69, 9.17) is 0 Å². The summed E-state index contributed by atoms with van der Waals surface area (Å²) in [6, 6.07) is 3.32. The van der Waals surface area contributed by atoms with Gasteiger partial charge in [-0.05, 0) is 30.9 Å². The molecule has 0 fully saturated rings. The number of carbonyl (C=O) groups excluding carboxylic acids is 1. The van der Waals surface area contributed by atoms with E-state index in [2.05, 4.69) is 5.32 Å². The quantitative estimate of drug-likeness (QED) is 0.881. The molecule has 5 heteroatoms. The molecule has 0 aromatic heterocycles. The number of amides is 1. The van der Waals surface area contributed by atoms with Crippen LogP contribution in [0.1, 0.15) is 24.9 Å². The van der Waals surface area contributed by atoms with Crippen molar-refractivity contribution in [1.29, 1.82) is 0 Å². The van der Waals surface area contributed by atoms with E-state index in [1.165, 1.54) is 6.07 Å². The number of halogens is 2. The summed E-state index contributed by atoms with van der Waals surface area (Å²) in [4.78, 5) is 11.4. The van der Waals surface area contributed by atoms with Crippen LogP contribution in [0.4, 0.5) is 8.78 Å². The lowest BCUT2D eigenvalue weighted by Gasteiger charge is -2.14. The van der Waals surface area contributed by atoms with E-state index in [1.54, 1.807) is 18.7 Å². The minimum absolute atomic E-state index is 0.0865. The highest BCUT2D eigenvalue weighted by atomic mass is 32.2. The molecule has 94 valence electrons. The van der Waals surface area contributed by atoms with Crippen LogP contribution < -0.4 is 5.32 Å². The Kier molecular flexibility index (Phi) is 5.41. The number of thioether (sulfide) groups is 1. The summed E-state index contributed by atoms with van der Waals surface area (Å²) in [6.45, 7) is 1.74. The van der Waals surface area contributed by atoms with Crippen LogP contribution in [0.5, 0.6) is 0 Å². The molecule has 0 saturated heterocycles. The first kappa shape index (κ1) is 14.0. The Morgan fingerprint density at radius 1 is 1.41 bits per heavy atom. The number of rotatable bonds is 5. The Balaban J connectivity index is 2.60. The van der Waals surface area contributed by atoms with Gasteiger partial charge in [0.2, 0.25) is 5.91 Å². The van der Waals surface area contributed by atoms with Gasteiger partial charge >= 0.3 is 0 Å². The summed E-state index contributed by atoms with van der Waals surface area (Å²) in [5.74, 6) is -1.12. The highest BCUT2D eigenvalue weighted by molar-refractivity contribution is 7.98. The Labute approximate surface area is 104 Å². The van der Waals surface area contributed by atoms with Crippen molar-refractivity contribution in [2.75, 3.05) is 12.0 Å². The monoisotopic (exact) mass is 259 g/mol. The second-order valence-electron chi connectivity index (χ2n) is 3.71. The average molecular weight is 259 g/mol. The SMILES string of the molecule is CSCCC(=O)NC(C)c1ccc(F)c(F)c1. The molecule has 17 heavy (non-hydrogen) atoms. The summed E-state index contributed by atoms with van der Waals surface area (Å²) in [5.41, 5.74) is 0.557. The topological polar surface area (TPSA) is 29.1 Å². The third-order valence-corrected chi connectivity index (χ3v) is 2.97. The van der Waals surface area contributed by atoms with Crippen LogP contribution in [0.3, 0.4) is 0 Å². The number of hydrogen-bond donors (Lipinski definition) is 1. The lowest BCUT2D eigenvalue weighted by atomic mass is 10.1. The zero-order chi connectivity index (χ0) is 12.8. The molecular weight excluding hydrogens is 244 g/mol. The molecule has 0 aliphatic carbocycles. The minimum Gasteiger partial charge on any atom is -0.350 e. The van der Waals surface area contributed by atoms with E-state index >= 15 is 0 Å². The highest BCUT2D eigenvalue weighted by Gasteiger charge is 2.11. The van der Waals surface area contributed by atoms with Crippen LogP contribution in [-0.2, 0) is 4.79 Å². The van der Waals surface area contributed by atoms with Crippen molar-refractivity contribution in [2.45, 2.75) is 19.4 Å². The molecule has 1 amide bonds. The van der Waals surface area contributed by atoms with Crippen molar-refractivity contribution < 1.29 is 13.6 Å². The third kappa shape index (κ3) is 4.34. The Hall–Kier alpha value is -1.10. The van der Waals surface area contributed by atoms with Crippen molar-refractivity contribution in [1.82, 2.24) is 5.32 Å². The Morgan fingerprint density at radius 2 is 2.12 bits per heavy atom. The molecule has 0 radical (unpaired) electrons. The van der Waals surface area contributed by atoms with Gasteiger partial charge in [0.15, 0.2) is 11.6 Å². The van der Waals surface area contributed by atoms with Crippen LogP contribution in [0, 0.1) is 11.6 Å². The molecule has 1 atom stereocenters. The molecular formula is C12H15F2NOS. The lowest BCUT2D eigenvalue weighted by Crippen LogP contribution is -2.26. The molecule has 1 rings (SSSR count). The van der Waals surface area contributed by atoms with E-state index in [0.717, 1.165) is 17.9 Å². The highest BCUT2D eigenvalue weighted by Crippen LogP contribution is 2.16. The zero-order valence-electron chi connectivity index (χ0n) is 9.80. The Morgan fingerprint density at radius 3 is 2.71 bits per heavy atom. The summed E-state index contributed by atoms with van der Waals surface area (Å²) in [6.07, 6.45) is 2.35. The Bertz CT molecular complexity index is 398. The van der Waals surface area contributed by atoms with Crippen LogP contribution >= 0.6 is 11.8 Å². The maximum atomic E-state index is 13.0. The van der Waals surface area contributed by atoms with Gasteiger partial charge in [-0.15, -0.1) is 0 Å². The fraction of sp³-hybridized carbons (Fsp3) is 0.417. The molecule has 0 saturated carbocycles. The largest absolute Gasteiger partial charge is 0.350 e. The zero-order valence-corrected chi connectivity index (χ0v) is 10.6. The van der Waals surface area contributed by atoms with Crippen molar-refractivity contribution in [3.8, 4) is 0 Å². The molecule has 1 N–H and O–H groups in total. The average Bonchev–Trinajstić information content (AvgIpc) is 2.30. The van der Waals surface area contributed by atoms with Crippen LogP contribution in [0.2, 0.25) is 0 Å². The molecule has 0 spiro atoms. The van der Waals surface area contributed by atoms with Gasteiger partial charge in [0.1, 0.15) is 0 Å². The summed E-state index contributed by atoms with van der Waals surface area (Å²) in [5, 5.41) is 2.74. The molecule has 1 aromatic carbocycles. The lowest BCUT2D eigenvalue weighted by molar-refractivity contribution is -0.121. The predicted molar refractivity (Wildman–Crippen MR) is 65.9 cm³/mol. The third-order valence-electron chi connectivity index (χ3n) is 2.35.